The minimum atomic E-state index is 0.290. The van der Waals surface area contributed by atoms with E-state index in [9.17, 15) is 0 Å². The van der Waals surface area contributed by atoms with Gasteiger partial charge < -0.3 is 14.8 Å². The highest BCUT2D eigenvalue weighted by atomic mass is 16.5. The summed E-state index contributed by atoms with van der Waals surface area (Å²) in [7, 11) is 2.01. The van der Waals surface area contributed by atoms with Crippen LogP contribution in [0.4, 0.5) is 0 Å². The first kappa shape index (κ1) is 14.2. The van der Waals surface area contributed by atoms with Gasteiger partial charge in [0.2, 0.25) is 0 Å². The Bertz CT molecular complexity index is 423. The Morgan fingerprint density at radius 3 is 2.47 bits per heavy atom. The molecule has 0 amide bonds. The number of benzene rings is 1. The molecule has 106 valence electrons. The van der Waals surface area contributed by atoms with E-state index in [-0.39, 0.29) is 5.41 Å². The summed E-state index contributed by atoms with van der Waals surface area (Å²) >= 11 is 0. The lowest BCUT2D eigenvalue weighted by Gasteiger charge is -2.26. The summed E-state index contributed by atoms with van der Waals surface area (Å²) in [5.41, 5.74) is 1.55. The van der Waals surface area contributed by atoms with Gasteiger partial charge in [0.25, 0.3) is 0 Å². The van der Waals surface area contributed by atoms with Gasteiger partial charge in [0, 0.05) is 12.5 Å². The van der Waals surface area contributed by atoms with Crippen LogP contribution in [0, 0.1) is 5.41 Å². The van der Waals surface area contributed by atoms with Crippen LogP contribution in [0.15, 0.2) is 18.2 Å². The Morgan fingerprint density at radius 2 is 1.84 bits per heavy atom. The van der Waals surface area contributed by atoms with Crippen molar-refractivity contribution in [1.29, 1.82) is 0 Å². The van der Waals surface area contributed by atoms with Crippen molar-refractivity contribution in [3.8, 4) is 11.5 Å². The SMILES string of the molecule is CNC(CC(C)(C)C)c1ccc2c(c1)OCCCO2. The minimum Gasteiger partial charge on any atom is -0.490 e. The molecule has 3 nitrogen and oxygen atoms in total. The van der Waals surface area contributed by atoms with Crippen LogP contribution in [0.5, 0.6) is 11.5 Å². The molecule has 0 bridgehead atoms. The molecule has 0 radical (unpaired) electrons. The second-order valence-electron chi connectivity index (χ2n) is 6.36. The van der Waals surface area contributed by atoms with Gasteiger partial charge in [0.1, 0.15) is 0 Å². The quantitative estimate of drug-likeness (QED) is 0.904. The van der Waals surface area contributed by atoms with Crippen LogP contribution in [-0.4, -0.2) is 20.3 Å². The molecule has 0 saturated carbocycles. The molecule has 0 spiro atoms. The van der Waals surface area contributed by atoms with Gasteiger partial charge in [0.05, 0.1) is 13.2 Å². The number of rotatable bonds is 3. The van der Waals surface area contributed by atoms with E-state index in [1.54, 1.807) is 0 Å². The first-order valence-electron chi connectivity index (χ1n) is 7.06. The maximum absolute atomic E-state index is 5.76. The molecule has 0 fully saturated rings. The van der Waals surface area contributed by atoms with Crippen molar-refractivity contribution in [3.05, 3.63) is 23.8 Å². The maximum Gasteiger partial charge on any atom is 0.161 e. The summed E-state index contributed by atoms with van der Waals surface area (Å²) in [6.45, 7) is 8.27. The molecule has 1 aromatic rings. The van der Waals surface area contributed by atoms with Crippen LogP contribution in [0.3, 0.4) is 0 Å². The molecule has 19 heavy (non-hydrogen) atoms. The molecule has 1 aliphatic rings. The molecule has 0 saturated heterocycles. The van der Waals surface area contributed by atoms with Gasteiger partial charge in [-0.3, -0.25) is 0 Å². The smallest absolute Gasteiger partial charge is 0.161 e. The van der Waals surface area contributed by atoms with Gasteiger partial charge in [-0.05, 0) is 36.6 Å². The first-order valence-corrected chi connectivity index (χ1v) is 7.06. The maximum atomic E-state index is 5.76. The number of nitrogens with one attached hydrogen (secondary N) is 1. The molecular weight excluding hydrogens is 238 g/mol. The molecule has 1 unspecified atom stereocenters. The highest BCUT2D eigenvalue weighted by molar-refractivity contribution is 5.44. The summed E-state index contributed by atoms with van der Waals surface area (Å²) in [5, 5.41) is 3.40. The lowest BCUT2D eigenvalue weighted by molar-refractivity contribution is 0.296. The number of hydrogen-bond acceptors (Lipinski definition) is 3. The lowest BCUT2D eigenvalue weighted by Crippen LogP contribution is -2.22. The number of ether oxygens (including phenoxy) is 2. The highest BCUT2D eigenvalue weighted by Crippen LogP contribution is 2.35. The largest absolute Gasteiger partial charge is 0.490 e. The molecule has 1 aromatic carbocycles. The van der Waals surface area contributed by atoms with Crippen LogP contribution in [0.2, 0.25) is 0 Å². The lowest BCUT2D eigenvalue weighted by atomic mass is 9.85. The fourth-order valence-electron chi connectivity index (χ4n) is 2.40. The third-order valence-corrected chi connectivity index (χ3v) is 3.34. The van der Waals surface area contributed by atoms with Crippen molar-refractivity contribution < 1.29 is 9.47 Å². The standard InChI is InChI=1S/C16H25NO2/c1-16(2,3)11-13(17-4)12-6-7-14-15(10-12)19-9-5-8-18-14/h6-7,10,13,17H,5,8-9,11H2,1-4H3. The molecule has 0 aromatic heterocycles. The van der Waals surface area contributed by atoms with E-state index in [0.717, 1.165) is 37.6 Å². The molecule has 0 aliphatic carbocycles. The first-order chi connectivity index (χ1) is 8.99. The Morgan fingerprint density at radius 1 is 1.16 bits per heavy atom. The second-order valence-corrected chi connectivity index (χ2v) is 6.36. The molecule has 1 aliphatic heterocycles. The molecule has 1 N–H and O–H groups in total. The van der Waals surface area contributed by atoms with E-state index < -0.39 is 0 Å². The third kappa shape index (κ3) is 3.87. The van der Waals surface area contributed by atoms with Crippen LogP contribution in [0.1, 0.15) is 45.2 Å². The summed E-state index contributed by atoms with van der Waals surface area (Å²) in [5.74, 6) is 1.75. The van der Waals surface area contributed by atoms with E-state index >= 15 is 0 Å². The van der Waals surface area contributed by atoms with E-state index in [1.165, 1.54) is 5.56 Å². The fraction of sp³-hybridized carbons (Fsp3) is 0.625. The molecule has 1 atom stereocenters. The monoisotopic (exact) mass is 263 g/mol. The Hall–Kier alpha value is -1.22. The van der Waals surface area contributed by atoms with Crippen molar-refractivity contribution in [2.24, 2.45) is 5.41 Å². The minimum absolute atomic E-state index is 0.290. The van der Waals surface area contributed by atoms with Crippen LogP contribution >= 0.6 is 0 Å². The molecule has 1 heterocycles. The van der Waals surface area contributed by atoms with Gasteiger partial charge >= 0.3 is 0 Å². The van der Waals surface area contributed by atoms with E-state index in [2.05, 4.69) is 38.2 Å². The van der Waals surface area contributed by atoms with Crippen molar-refractivity contribution >= 4 is 0 Å². The van der Waals surface area contributed by atoms with Crippen molar-refractivity contribution in [3.63, 3.8) is 0 Å². The zero-order valence-electron chi connectivity index (χ0n) is 12.5. The Balaban J connectivity index is 2.21. The molecule has 2 rings (SSSR count). The second kappa shape index (κ2) is 5.83. The van der Waals surface area contributed by atoms with Crippen LogP contribution in [-0.2, 0) is 0 Å². The van der Waals surface area contributed by atoms with Crippen LogP contribution < -0.4 is 14.8 Å². The predicted molar refractivity (Wildman–Crippen MR) is 77.9 cm³/mol. The van der Waals surface area contributed by atoms with Gasteiger partial charge in [-0.25, -0.2) is 0 Å². The summed E-state index contributed by atoms with van der Waals surface area (Å²) in [6.07, 6.45) is 2.03. The zero-order chi connectivity index (χ0) is 13.9. The highest BCUT2D eigenvalue weighted by Gasteiger charge is 2.20. The number of fused-ring (bicyclic) bond motifs is 1. The van der Waals surface area contributed by atoms with Gasteiger partial charge in [0.15, 0.2) is 11.5 Å². The average molecular weight is 263 g/mol. The summed E-state index contributed by atoms with van der Waals surface area (Å²) in [4.78, 5) is 0. The van der Waals surface area contributed by atoms with Gasteiger partial charge in [-0.1, -0.05) is 26.8 Å². The van der Waals surface area contributed by atoms with E-state index in [0.29, 0.717) is 6.04 Å². The zero-order valence-corrected chi connectivity index (χ0v) is 12.5. The van der Waals surface area contributed by atoms with Gasteiger partial charge in [-0.2, -0.15) is 0 Å². The van der Waals surface area contributed by atoms with E-state index in [1.807, 2.05) is 13.1 Å². The van der Waals surface area contributed by atoms with Crippen molar-refractivity contribution in [2.75, 3.05) is 20.3 Å². The topological polar surface area (TPSA) is 30.5 Å². The average Bonchev–Trinajstić information content (AvgIpc) is 2.59. The molecule has 3 heteroatoms. The van der Waals surface area contributed by atoms with Crippen molar-refractivity contribution in [2.45, 2.75) is 39.7 Å². The predicted octanol–water partition coefficient (Wildman–Crippen LogP) is 3.54. The fourth-order valence-corrected chi connectivity index (χ4v) is 2.40. The van der Waals surface area contributed by atoms with E-state index in [4.69, 9.17) is 9.47 Å². The van der Waals surface area contributed by atoms with Crippen LogP contribution in [0.25, 0.3) is 0 Å². The number of hydrogen-bond donors (Lipinski definition) is 1. The normalized spacial score (nSPS) is 16.8. The Labute approximate surface area is 116 Å². The van der Waals surface area contributed by atoms with Crippen molar-refractivity contribution in [1.82, 2.24) is 5.32 Å². The molecular formula is C16H25NO2. The summed E-state index contributed by atoms with van der Waals surface area (Å²) < 4.78 is 11.4. The van der Waals surface area contributed by atoms with Gasteiger partial charge in [-0.15, -0.1) is 0 Å². The summed E-state index contributed by atoms with van der Waals surface area (Å²) in [6, 6.07) is 6.63. The Kier molecular flexibility index (Phi) is 4.35. The third-order valence-electron chi connectivity index (χ3n) is 3.34.